The molecule has 4 nitrogen and oxygen atoms in total. The van der Waals surface area contributed by atoms with Crippen LogP contribution in [0.25, 0.3) is 0 Å². The molecule has 4 bridgehead atoms. The Morgan fingerprint density at radius 2 is 1.79 bits per heavy atom. The molecule has 4 saturated carbocycles. The molecule has 1 aromatic heterocycles. The fraction of sp³-hybridized carbons (Fsp3) is 0.867. The minimum atomic E-state index is 0.363. The molecule has 0 amide bonds. The lowest BCUT2D eigenvalue weighted by Gasteiger charge is -2.57. The molecule has 1 heterocycles. The summed E-state index contributed by atoms with van der Waals surface area (Å²) in [5, 5.41) is 8.57. The average Bonchev–Trinajstić information content (AvgIpc) is 2.83. The molecule has 19 heavy (non-hydrogen) atoms. The number of aromatic nitrogens is 3. The predicted molar refractivity (Wildman–Crippen MR) is 73.5 cm³/mol. The average molecular weight is 260 g/mol. The standard InChI is InChI=1S/C15H24N4/c16-3-1-2-14-18-17-10-19(14)15-7-11-4-12(8-15)6-13(5-11)9-15/h10-13H,1-9,16H2. The Balaban J connectivity index is 1.66. The van der Waals surface area contributed by atoms with Gasteiger partial charge in [0.15, 0.2) is 0 Å². The molecule has 5 rings (SSSR count). The maximum absolute atomic E-state index is 5.64. The number of rotatable bonds is 4. The van der Waals surface area contributed by atoms with Crippen molar-refractivity contribution >= 4 is 0 Å². The normalized spacial score (nSPS) is 39.9. The van der Waals surface area contributed by atoms with Crippen LogP contribution < -0.4 is 5.73 Å². The van der Waals surface area contributed by atoms with E-state index in [1.54, 1.807) is 0 Å². The highest BCUT2D eigenvalue weighted by molar-refractivity contribution is 5.08. The van der Waals surface area contributed by atoms with E-state index in [4.69, 9.17) is 5.73 Å². The van der Waals surface area contributed by atoms with E-state index in [9.17, 15) is 0 Å². The Labute approximate surface area is 114 Å². The van der Waals surface area contributed by atoms with Crippen molar-refractivity contribution in [3.63, 3.8) is 0 Å². The molecule has 0 unspecified atom stereocenters. The highest BCUT2D eigenvalue weighted by Gasteiger charge is 2.52. The summed E-state index contributed by atoms with van der Waals surface area (Å²) in [5.74, 6) is 4.08. The van der Waals surface area contributed by atoms with Gasteiger partial charge in [-0.2, -0.15) is 0 Å². The maximum atomic E-state index is 5.64. The molecule has 2 N–H and O–H groups in total. The second kappa shape index (κ2) is 4.30. The second-order valence-corrected chi connectivity index (χ2v) is 7.15. The summed E-state index contributed by atoms with van der Waals surface area (Å²) < 4.78 is 2.45. The summed E-state index contributed by atoms with van der Waals surface area (Å²) in [6.45, 7) is 0.744. The lowest BCUT2D eigenvalue weighted by atomic mass is 9.53. The minimum Gasteiger partial charge on any atom is -0.330 e. The van der Waals surface area contributed by atoms with Crippen LogP contribution >= 0.6 is 0 Å². The molecule has 4 aliphatic rings. The van der Waals surface area contributed by atoms with Crippen LogP contribution in [0.1, 0.15) is 50.8 Å². The molecule has 0 aliphatic heterocycles. The molecule has 0 aromatic carbocycles. The Morgan fingerprint density at radius 1 is 1.16 bits per heavy atom. The summed E-state index contributed by atoms with van der Waals surface area (Å²) in [4.78, 5) is 0. The summed E-state index contributed by atoms with van der Waals surface area (Å²) >= 11 is 0. The lowest BCUT2D eigenvalue weighted by molar-refractivity contribution is -0.0445. The highest BCUT2D eigenvalue weighted by Crippen LogP contribution is 2.58. The van der Waals surface area contributed by atoms with Gasteiger partial charge in [-0.15, -0.1) is 10.2 Å². The summed E-state index contributed by atoms with van der Waals surface area (Å²) in [6, 6.07) is 0. The molecule has 104 valence electrons. The topological polar surface area (TPSA) is 56.7 Å². The third kappa shape index (κ3) is 1.83. The van der Waals surface area contributed by atoms with Crippen LogP contribution in [-0.4, -0.2) is 21.3 Å². The van der Waals surface area contributed by atoms with Crippen LogP contribution in [0, 0.1) is 17.8 Å². The minimum absolute atomic E-state index is 0.363. The quantitative estimate of drug-likeness (QED) is 0.902. The molecule has 1 aromatic rings. The maximum Gasteiger partial charge on any atom is 0.133 e. The second-order valence-electron chi connectivity index (χ2n) is 7.15. The third-order valence-corrected chi connectivity index (χ3v) is 5.74. The van der Waals surface area contributed by atoms with Crippen LogP contribution in [0.5, 0.6) is 0 Å². The van der Waals surface area contributed by atoms with Crippen LogP contribution in [0.2, 0.25) is 0 Å². The van der Waals surface area contributed by atoms with Crippen LogP contribution in [0.3, 0.4) is 0 Å². The molecule has 0 radical (unpaired) electrons. The smallest absolute Gasteiger partial charge is 0.133 e. The molecule has 4 heteroatoms. The van der Waals surface area contributed by atoms with Gasteiger partial charge in [-0.1, -0.05) is 0 Å². The molecule has 0 atom stereocenters. The van der Waals surface area contributed by atoms with E-state index in [1.165, 1.54) is 44.3 Å². The van der Waals surface area contributed by atoms with Crippen molar-refractivity contribution in [3.8, 4) is 0 Å². The van der Waals surface area contributed by atoms with Gasteiger partial charge in [0.1, 0.15) is 12.2 Å². The predicted octanol–water partition coefficient (Wildman–Crippen LogP) is 2.09. The molecular formula is C15H24N4. The van der Waals surface area contributed by atoms with Crippen LogP contribution in [-0.2, 0) is 12.0 Å². The SMILES string of the molecule is NCCCc1nncn1C12CC3CC(CC(C3)C1)C2. The number of nitrogens with zero attached hydrogens (tertiary/aromatic N) is 3. The monoisotopic (exact) mass is 260 g/mol. The Bertz CT molecular complexity index is 429. The summed E-state index contributed by atoms with van der Waals surface area (Å²) in [5.41, 5.74) is 6.01. The Hall–Kier alpha value is -0.900. The van der Waals surface area contributed by atoms with Crippen molar-refractivity contribution in [1.82, 2.24) is 14.8 Å². The fourth-order valence-electron chi connectivity index (χ4n) is 5.45. The van der Waals surface area contributed by atoms with E-state index in [1.807, 2.05) is 6.33 Å². The highest BCUT2D eigenvalue weighted by atomic mass is 15.3. The van der Waals surface area contributed by atoms with E-state index in [0.717, 1.165) is 37.1 Å². The third-order valence-electron chi connectivity index (χ3n) is 5.74. The molecule has 0 spiro atoms. The Morgan fingerprint density at radius 3 is 2.37 bits per heavy atom. The van der Waals surface area contributed by atoms with Gasteiger partial charge in [0.05, 0.1) is 0 Å². The first-order valence-electron chi connectivity index (χ1n) is 7.88. The van der Waals surface area contributed by atoms with Gasteiger partial charge < -0.3 is 10.3 Å². The first kappa shape index (κ1) is 11.9. The summed E-state index contributed by atoms with van der Waals surface area (Å²) in [6.07, 6.45) is 12.6. The van der Waals surface area contributed by atoms with Crippen molar-refractivity contribution in [2.24, 2.45) is 23.5 Å². The van der Waals surface area contributed by atoms with Gasteiger partial charge in [-0.3, -0.25) is 0 Å². The van der Waals surface area contributed by atoms with E-state index in [0.29, 0.717) is 5.54 Å². The number of hydrogen-bond acceptors (Lipinski definition) is 3. The number of nitrogens with two attached hydrogens (primary N) is 1. The number of hydrogen-bond donors (Lipinski definition) is 1. The van der Waals surface area contributed by atoms with Gasteiger partial charge in [0, 0.05) is 12.0 Å². The van der Waals surface area contributed by atoms with E-state index in [2.05, 4.69) is 14.8 Å². The first-order valence-corrected chi connectivity index (χ1v) is 7.88. The van der Waals surface area contributed by atoms with Crippen molar-refractivity contribution in [2.45, 2.75) is 56.9 Å². The Kier molecular flexibility index (Phi) is 2.69. The van der Waals surface area contributed by atoms with Crippen molar-refractivity contribution in [3.05, 3.63) is 12.2 Å². The van der Waals surface area contributed by atoms with Gasteiger partial charge in [0.2, 0.25) is 0 Å². The van der Waals surface area contributed by atoms with E-state index < -0.39 is 0 Å². The van der Waals surface area contributed by atoms with Gasteiger partial charge in [0.25, 0.3) is 0 Å². The van der Waals surface area contributed by atoms with Gasteiger partial charge >= 0.3 is 0 Å². The molecule has 4 fully saturated rings. The van der Waals surface area contributed by atoms with E-state index in [-0.39, 0.29) is 0 Å². The zero-order valence-electron chi connectivity index (χ0n) is 11.6. The van der Waals surface area contributed by atoms with Crippen molar-refractivity contribution < 1.29 is 0 Å². The van der Waals surface area contributed by atoms with Crippen LogP contribution in [0.15, 0.2) is 6.33 Å². The van der Waals surface area contributed by atoms with Crippen molar-refractivity contribution in [1.29, 1.82) is 0 Å². The lowest BCUT2D eigenvalue weighted by Crippen LogP contribution is -2.52. The largest absolute Gasteiger partial charge is 0.330 e. The first-order chi connectivity index (χ1) is 9.29. The zero-order valence-corrected chi connectivity index (χ0v) is 11.6. The van der Waals surface area contributed by atoms with E-state index >= 15 is 0 Å². The molecule has 4 aliphatic carbocycles. The zero-order chi connectivity index (χ0) is 12.9. The van der Waals surface area contributed by atoms with Crippen molar-refractivity contribution in [2.75, 3.05) is 6.54 Å². The molecular weight excluding hydrogens is 236 g/mol. The van der Waals surface area contributed by atoms with Crippen LogP contribution in [0.4, 0.5) is 0 Å². The summed E-state index contributed by atoms with van der Waals surface area (Å²) in [7, 11) is 0. The van der Waals surface area contributed by atoms with Gasteiger partial charge in [-0.25, -0.2) is 0 Å². The number of aryl methyl sites for hydroxylation is 1. The van der Waals surface area contributed by atoms with Gasteiger partial charge in [-0.05, 0) is 69.2 Å². The molecule has 0 saturated heterocycles. The fourth-order valence-corrected chi connectivity index (χ4v) is 5.45.